The number of rotatable bonds is 6. The van der Waals surface area contributed by atoms with Crippen LogP contribution < -0.4 is 5.43 Å². The van der Waals surface area contributed by atoms with Gasteiger partial charge in [0.25, 0.3) is 5.91 Å². The fourth-order valence-electron chi connectivity index (χ4n) is 2.87. The van der Waals surface area contributed by atoms with Gasteiger partial charge in [0.05, 0.1) is 5.52 Å². The normalized spacial score (nSPS) is 10.9. The molecule has 0 bridgehead atoms. The lowest BCUT2D eigenvalue weighted by Crippen LogP contribution is -2.32. The first-order valence-electron chi connectivity index (χ1n) is 8.61. The maximum absolute atomic E-state index is 12.8. The van der Waals surface area contributed by atoms with Crippen LogP contribution in [0.3, 0.4) is 0 Å². The second-order valence-corrected chi connectivity index (χ2v) is 6.83. The summed E-state index contributed by atoms with van der Waals surface area (Å²) in [6.45, 7) is 0.426. The number of hydrogen-bond acceptors (Lipinski definition) is 4. The molecule has 1 aromatic heterocycles. The van der Waals surface area contributed by atoms with Crippen molar-refractivity contribution < 1.29 is 9.90 Å². The van der Waals surface area contributed by atoms with Crippen LogP contribution in [0.25, 0.3) is 10.9 Å². The molecule has 3 aromatic rings. The minimum atomic E-state index is -0.450. The molecule has 1 heterocycles. The SMILES string of the molecule is CN(Cc1ccc(Cl)cc1)C(=O)c1n[nH]c2ccc(CCCO)cc2c1=O. The van der Waals surface area contributed by atoms with Crippen LogP contribution in [0.2, 0.25) is 5.02 Å². The average molecular weight is 386 g/mol. The third kappa shape index (κ3) is 4.35. The Labute approximate surface area is 161 Å². The van der Waals surface area contributed by atoms with Gasteiger partial charge in [0.2, 0.25) is 5.43 Å². The van der Waals surface area contributed by atoms with Crippen molar-refractivity contribution in [3.63, 3.8) is 0 Å². The second-order valence-electron chi connectivity index (χ2n) is 6.40. The molecule has 0 spiro atoms. The van der Waals surface area contributed by atoms with Crippen LogP contribution in [0.4, 0.5) is 0 Å². The lowest BCUT2D eigenvalue weighted by atomic mass is 10.1. The molecule has 3 rings (SSSR count). The Morgan fingerprint density at radius 3 is 2.59 bits per heavy atom. The monoisotopic (exact) mass is 385 g/mol. The maximum Gasteiger partial charge on any atom is 0.278 e. The zero-order valence-corrected chi connectivity index (χ0v) is 15.7. The number of carbonyl (C=O) groups excluding carboxylic acids is 1. The number of H-pyrrole nitrogens is 1. The molecule has 2 N–H and O–H groups in total. The Bertz CT molecular complexity index is 1020. The summed E-state index contributed by atoms with van der Waals surface area (Å²) in [5.41, 5.74) is 1.87. The van der Waals surface area contributed by atoms with Crippen molar-refractivity contribution in [2.24, 2.45) is 0 Å². The van der Waals surface area contributed by atoms with E-state index in [0.29, 0.717) is 35.3 Å². The number of aromatic nitrogens is 2. The highest BCUT2D eigenvalue weighted by molar-refractivity contribution is 6.30. The van der Waals surface area contributed by atoms with Crippen molar-refractivity contribution in [2.75, 3.05) is 13.7 Å². The number of carbonyl (C=O) groups is 1. The number of fused-ring (bicyclic) bond motifs is 1. The summed E-state index contributed by atoms with van der Waals surface area (Å²) in [7, 11) is 1.62. The van der Waals surface area contributed by atoms with E-state index in [-0.39, 0.29) is 12.3 Å². The molecular weight excluding hydrogens is 366 g/mol. The van der Waals surface area contributed by atoms with Gasteiger partial charge in [0.15, 0.2) is 5.69 Å². The van der Waals surface area contributed by atoms with E-state index in [4.69, 9.17) is 16.7 Å². The summed E-state index contributed by atoms with van der Waals surface area (Å²) in [5.74, 6) is -0.450. The van der Waals surface area contributed by atoms with E-state index in [1.54, 1.807) is 31.3 Å². The van der Waals surface area contributed by atoms with Gasteiger partial charge in [-0.1, -0.05) is 29.8 Å². The average Bonchev–Trinajstić information content (AvgIpc) is 2.68. The summed E-state index contributed by atoms with van der Waals surface area (Å²) in [4.78, 5) is 27.0. The number of aromatic amines is 1. The Morgan fingerprint density at radius 2 is 1.89 bits per heavy atom. The number of halogens is 1. The van der Waals surface area contributed by atoms with Crippen molar-refractivity contribution in [3.8, 4) is 0 Å². The molecule has 1 amide bonds. The van der Waals surface area contributed by atoms with Crippen LogP contribution in [-0.4, -0.2) is 39.8 Å². The van der Waals surface area contributed by atoms with E-state index >= 15 is 0 Å². The molecule has 0 radical (unpaired) electrons. The van der Waals surface area contributed by atoms with Crippen molar-refractivity contribution in [3.05, 3.63) is 74.5 Å². The van der Waals surface area contributed by atoms with Gasteiger partial charge in [-0.25, -0.2) is 0 Å². The molecule has 0 saturated heterocycles. The van der Waals surface area contributed by atoms with Crippen molar-refractivity contribution in [1.82, 2.24) is 15.1 Å². The van der Waals surface area contributed by atoms with E-state index in [9.17, 15) is 9.59 Å². The Hall–Kier alpha value is -2.70. The van der Waals surface area contributed by atoms with E-state index in [1.807, 2.05) is 18.2 Å². The van der Waals surface area contributed by atoms with Gasteiger partial charge in [-0.2, -0.15) is 5.10 Å². The van der Waals surface area contributed by atoms with Gasteiger partial charge >= 0.3 is 0 Å². The van der Waals surface area contributed by atoms with E-state index in [0.717, 1.165) is 11.1 Å². The van der Waals surface area contributed by atoms with E-state index in [2.05, 4.69) is 10.2 Å². The fourth-order valence-corrected chi connectivity index (χ4v) is 3.00. The molecule has 0 unspecified atom stereocenters. The molecule has 140 valence electrons. The molecule has 0 aliphatic carbocycles. The molecule has 6 nitrogen and oxygen atoms in total. The van der Waals surface area contributed by atoms with Crippen LogP contribution in [0.15, 0.2) is 47.3 Å². The van der Waals surface area contributed by atoms with Crippen LogP contribution in [0.1, 0.15) is 28.0 Å². The Balaban J connectivity index is 1.88. The molecule has 0 aliphatic rings. The Morgan fingerprint density at radius 1 is 1.19 bits per heavy atom. The van der Waals surface area contributed by atoms with E-state index in [1.165, 1.54) is 4.90 Å². The minimum absolute atomic E-state index is 0.0873. The van der Waals surface area contributed by atoms with Gasteiger partial charge < -0.3 is 10.0 Å². The smallest absolute Gasteiger partial charge is 0.278 e. The maximum atomic E-state index is 12.8. The number of aryl methyl sites for hydroxylation is 1. The van der Waals surface area contributed by atoms with Gasteiger partial charge in [0.1, 0.15) is 0 Å². The summed E-state index contributed by atoms with van der Waals surface area (Å²) < 4.78 is 0. The summed E-state index contributed by atoms with van der Waals surface area (Å²) in [6.07, 6.45) is 1.28. The molecule has 0 aliphatic heterocycles. The molecular formula is C20H20ClN3O3. The van der Waals surface area contributed by atoms with Crippen LogP contribution in [0, 0.1) is 0 Å². The fraction of sp³-hybridized carbons (Fsp3) is 0.250. The number of amides is 1. The highest BCUT2D eigenvalue weighted by Crippen LogP contribution is 2.14. The van der Waals surface area contributed by atoms with Crippen LogP contribution in [0.5, 0.6) is 0 Å². The predicted octanol–water partition coefficient (Wildman–Crippen LogP) is 2.77. The van der Waals surface area contributed by atoms with E-state index < -0.39 is 11.3 Å². The molecule has 27 heavy (non-hydrogen) atoms. The molecule has 7 heteroatoms. The van der Waals surface area contributed by atoms with Crippen LogP contribution >= 0.6 is 11.6 Å². The highest BCUT2D eigenvalue weighted by Gasteiger charge is 2.19. The first kappa shape index (κ1) is 19.1. The zero-order chi connectivity index (χ0) is 19.4. The number of benzene rings is 2. The van der Waals surface area contributed by atoms with Gasteiger partial charge in [-0.05, 0) is 48.2 Å². The largest absolute Gasteiger partial charge is 0.396 e. The lowest BCUT2D eigenvalue weighted by Gasteiger charge is -2.16. The third-order valence-electron chi connectivity index (χ3n) is 4.34. The first-order valence-corrected chi connectivity index (χ1v) is 8.99. The number of aliphatic hydroxyl groups excluding tert-OH is 1. The molecule has 0 fully saturated rings. The predicted molar refractivity (Wildman–Crippen MR) is 105 cm³/mol. The van der Waals surface area contributed by atoms with Gasteiger partial charge in [-0.15, -0.1) is 0 Å². The summed E-state index contributed by atoms with van der Waals surface area (Å²) >= 11 is 5.88. The molecule has 2 aromatic carbocycles. The highest BCUT2D eigenvalue weighted by atomic mass is 35.5. The van der Waals surface area contributed by atoms with Crippen LogP contribution in [-0.2, 0) is 13.0 Å². The quantitative estimate of drug-likeness (QED) is 0.683. The van der Waals surface area contributed by atoms with Gasteiger partial charge in [0, 0.05) is 30.6 Å². The minimum Gasteiger partial charge on any atom is -0.396 e. The number of aliphatic hydroxyl groups is 1. The third-order valence-corrected chi connectivity index (χ3v) is 4.59. The number of hydrogen-bond donors (Lipinski definition) is 2. The lowest BCUT2D eigenvalue weighted by molar-refractivity contribution is 0.0777. The zero-order valence-electron chi connectivity index (χ0n) is 14.9. The second kappa shape index (κ2) is 8.33. The number of nitrogens with zero attached hydrogens (tertiary/aromatic N) is 2. The Kier molecular flexibility index (Phi) is 5.88. The molecule has 0 saturated carbocycles. The summed E-state index contributed by atoms with van der Waals surface area (Å²) in [6, 6.07) is 12.6. The van der Waals surface area contributed by atoms with Crippen molar-refractivity contribution in [1.29, 1.82) is 0 Å². The van der Waals surface area contributed by atoms with Gasteiger partial charge in [-0.3, -0.25) is 14.7 Å². The van der Waals surface area contributed by atoms with Crippen molar-refractivity contribution in [2.45, 2.75) is 19.4 Å². The topological polar surface area (TPSA) is 86.3 Å². The number of nitrogens with one attached hydrogen (secondary N) is 1. The standard InChI is InChI=1S/C20H20ClN3O3/c1-24(12-14-4-7-15(21)8-5-14)20(27)18-19(26)16-11-13(3-2-10-25)6-9-17(16)22-23-18/h4-9,11,25H,2-3,10,12H2,1H3,(H,22,26). The first-order chi connectivity index (χ1) is 13.0. The summed E-state index contributed by atoms with van der Waals surface area (Å²) in [5, 5.41) is 16.8. The van der Waals surface area contributed by atoms with Crippen molar-refractivity contribution >= 4 is 28.4 Å². The molecule has 0 atom stereocenters.